The second-order valence-corrected chi connectivity index (χ2v) is 5.93. The lowest BCUT2D eigenvalue weighted by molar-refractivity contribution is -0.120. The molecule has 0 spiro atoms. The molecule has 2 aromatic carbocycles. The van der Waals surface area contributed by atoms with Gasteiger partial charge in [-0.15, -0.1) is 0 Å². The molecule has 0 aromatic heterocycles. The summed E-state index contributed by atoms with van der Waals surface area (Å²) < 4.78 is 5.86. The van der Waals surface area contributed by atoms with Crippen molar-refractivity contribution in [3.63, 3.8) is 0 Å². The predicted molar refractivity (Wildman–Crippen MR) is 94.4 cm³/mol. The lowest BCUT2D eigenvalue weighted by Gasteiger charge is -2.10. The molecule has 0 heterocycles. The second kappa shape index (κ2) is 8.37. The molecule has 0 aliphatic carbocycles. The van der Waals surface area contributed by atoms with Crippen LogP contribution in [0.5, 0.6) is 11.5 Å². The zero-order chi connectivity index (χ0) is 17.5. The van der Waals surface area contributed by atoms with Crippen LogP contribution in [0.1, 0.15) is 23.1 Å². The van der Waals surface area contributed by atoms with E-state index in [1.165, 1.54) is 0 Å². The summed E-state index contributed by atoms with van der Waals surface area (Å²) in [7, 11) is 0. The lowest BCUT2D eigenvalue weighted by Crippen LogP contribution is -2.24. The number of nitrogens with zero attached hydrogens (tertiary/aromatic N) is 1. The largest absolute Gasteiger partial charge is 0.457 e. The van der Waals surface area contributed by atoms with E-state index in [1.807, 2.05) is 56.3 Å². The molecule has 0 atom stereocenters. The summed E-state index contributed by atoms with van der Waals surface area (Å²) >= 11 is 6.16. The predicted octanol–water partition coefficient (Wildman–Crippen LogP) is 4.32. The van der Waals surface area contributed by atoms with Crippen molar-refractivity contribution >= 4 is 17.5 Å². The summed E-state index contributed by atoms with van der Waals surface area (Å²) in [6.07, 6.45) is 0.601. The minimum absolute atomic E-state index is 0.104. The molecule has 0 aliphatic heterocycles. The van der Waals surface area contributed by atoms with Gasteiger partial charge in [-0.25, -0.2) is 0 Å². The fourth-order valence-electron chi connectivity index (χ4n) is 2.31. The van der Waals surface area contributed by atoms with Gasteiger partial charge in [-0.1, -0.05) is 23.7 Å². The van der Waals surface area contributed by atoms with Crippen LogP contribution in [0.15, 0.2) is 36.4 Å². The molecule has 1 N–H and O–H groups in total. The van der Waals surface area contributed by atoms with Gasteiger partial charge >= 0.3 is 0 Å². The average Bonchev–Trinajstić information content (AvgIpc) is 2.54. The Morgan fingerprint density at radius 2 is 1.79 bits per heavy atom. The van der Waals surface area contributed by atoms with Gasteiger partial charge < -0.3 is 10.1 Å². The summed E-state index contributed by atoms with van der Waals surface area (Å²) in [5, 5.41) is 11.9. The topological polar surface area (TPSA) is 62.1 Å². The number of carbonyl (C=O) groups excluding carboxylic acids is 1. The Balaban J connectivity index is 1.93. The highest BCUT2D eigenvalue weighted by molar-refractivity contribution is 6.32. The summed E-state index contributed by atoms with van der Waals surface area (Å²) in [4.78, 5) is 11.2. The molecule has 5 heteroatoms. The van der Waals surface area contributed by atoms with Crippen molar-refractivity contribution in [2.45, 2.75) is 26.7 Å². The van der Waals surface area contributed by atoms with Gasteiger partial charge in [0.15, 0.2) is 0 Å². The van der Waals surface area contributed by atoms with Crippen molar-refractivity contribution in [3.8, 4) is 17.6 Å². The molecule has 24 heavy (non-hydrogen) atoms. The van der Waals surface area contributed by atoms with Crippen molar-refractivity contribution in [2.24, 2.45) is 0 Å². The number of rotatable bonds is 6. The molecule has 0 fully saturated rings. The highest BCUT2D eigenvalue weighted by Crippen LogP contribution is 2.29. The Morgan fingerprint density at radius 1 is 1.17 bits per heavy atom. The van der Waals surface area contributed by atoms with Crippen LogP contribution in [0.4, 0.5) is 0 Å². The van der Waals surface area contributed by atoms with Crippen molar-refractivity contribution in [1.82, 2.24) is 5.32 Å². The first-order chi connectivity index (χ1) is 11.5. The van der Waals surface area contributed by atoms with Crippen LogP contribution in [0.2, 0.25) is 5.02 Å². The first kappa shape index (κ1) is 17.8. The van der Waals surface area contributed by atoms with E-state index in [2.05, 4.69) is 5.32 Å². The molecule has 0 aliphatic rings. The van der Waals surface area contributed by atoms with Crippen molar-refractivity contribution < 1.29 is 9.53 Å². The van der Waals surface area contributed by atoms with Gasteiger partial charge in [0.2, 0.25) is 5.91 Å². The third-order valence-electron chi connectivity index (χ3n) is 3.54. The normalized spacial score (nSPS) is 10.1. The number of benzene rings is 2. The van der Waals surface area contributed by atoms with Crippen molar-refractivity contribution in [3.05, 3.63) is 58.1 Å². The van der Waals surface area contributed by atoms with Gasteiger partial charge in [0.25, 0.3) is 0 Å². The van der Waals surface area contributed by atoms with Gasteiger partial charge in [0.1, 0.15) is 17.9 Å². The zero-order valence-electron chi connectivity index (χ0n) is 13.7. The summed E-state index contributed by atoms with van der Waals surface area (Å²) in [5.74, 6) is 1.25. The highest BCUT2D eigenvalue weighted by atomic mass is 35.5. The first-order valence-electron chi connectivity index (χ1n) is 7.67. The van der Waals surface area contributed by atoms with Crippen LogP contribution in [-0.2, 0) is 11.2 Å². The van der Waals surface area contributed by atoms with Crippen LogP contribution < -0.4 is 10.1 Å². The molecule has 0 saturated heterocycles. The number of hydrogen-bond donors (Lipinski definition) is 1. The van der Waals surface area contributed by atoms with E-state index >= 15 is 0 Å². The minimum atomic E-state index is -0.245. The lowest BCUT2D eigenvalue weighted by atomic mass is 10.1. The van der Waals surface area contributed by atoms with E-state index in [9.17, 15) is 4.79 Å². The quantitative estimate of drug-likeness (QED) is 0.850. The highest BCUT2D eigenvalue weighted by Gasteiger charge is 2.05. The Labute approximate surface area is 147 Å². The van der Waals surface area contributed by atoms with Crippen LogP contribution in [-0.4, -0.2) is 12.5 Å². The summed E-state index contributed by atoms with van der Waals surface area (Å²) in [6.45, 7) is 4.41. The van der Waals surface area contributed by atoms with E-state index in [0.717, 1.165) is 33.2 Å². The molecule has 4 nitrogen and oxygen atoms in total. The number of halogens is 1. The van der Waals surface area contributed by atoms with Crippen molar-refractivity contribution in [2.75, 3.05) is 6.54 Å². The standard InChI is InChI=1S/C19H19ClN2O2/c1-13-11-17(12-14(2)19(13)20)24-16-5-3-15(4-6-16)8-10-22-18(23)7-9-21/h3-6,11-12H,7-8,10H2,1-2H3,(H,22,23). The minimum Gasteiger partial charge on any atom is -0.457 e. The molecule has 2 aromatic rings. The van der Waals surface area contributed by atoms with Crippen LogP contribution in [0.25, 0.3) is 0 Å². The molecule has 2 rings (SSSR count). The molecule has 0 bridgehead atoms. The average molecular weight is 343 g/mol. The first-order valence-corrected chi connectivity index (χ1v) is 8.04. The van der Waals surface area contributed by atoms with Gasteiger partial charge in [-0.05, 0) is 61.2 Å². The van der Waals surface area contributed by atoms with E-state index in [-0.39, 0.29) is 12.3 Å². The molecule has 0 unspecified atom stereocenters. The molecular weight excluding hydrogens is 324 g/mol. The fourth-order valence-corrected chi connectivity index (χ4v) is 2.42. The van der Waals surface area contributed by atoms with E-state index < -0.39 is 0 Å². The van der Waals surface area contributed by atoms with Gasteiger partial charge in [-0.3, -0.25) is 4.79 Å². The number of nitrogens with one attached hydrogen (secondary N) is 1. The number of ether oxygens (including phenoxy) is 1. The summed E-state index contributed by atoms with van der Waals surface area (Å²) in [6, 6.07) is 13.4. The number of nitriles is 1. The van der Waals surface area contributed by atoms with Crippen molar-refractivity contribution in [1.29, 1.82) is 5.26 Å². The Morgan fingerprint density at radius 3 is 2.38 bits per heavy atom. The van der Waals surface area contributed by atoms with Crippen LogP contribution in [0.3, 0.4) is 0 Å². The third kappa shape index (κ3) is 5.00. The second-order valence-electron chi connectivity index (χ2n) is 5.55. The Bertz CT molecular complexity index is 741. The molecule has 124 valence electrons. The maximum absolute atomic E-state index is 11.2. The van der Waals surface area contributed by atoms with E-state index in [4.69, 9.17) is 21.6 Å². The fraction of sp³-hybridized carbons (Fsp3) is 0.263. The molecule has 0 saturated carbocycles. The molecule has 1 amide bonds. The summed E-state index contributed by atoms with van der Waals surface area (Å²) in [5.41, 5.74) is 3.05. The monoisotopic (exact) mass is 342 g/mol. The number of carbonyl (C=O) groups is 1. The maximum Gasteiger partial charge on any atom is 0.234 e. The van der Waals surface area contributed by atoms with E-state index in [1.54, 1.807) is 0 Å². The van der Waals surface area contributed by atoms with Crippen LogP contribution >= 0.6 is 11.6 Å². The Kier molecular flexibility index (Phi) is 6.22. The maximum atomic E-state index is 11.2. The Hall–Kier alpha value is -2.51. The third-order valence-corrected chi connectivity index (χ3v) is 4.14. The SMILES string of the molecule is Cc1cc(Oc2ccc(CCNC(=O)CC#N)cc2)cc(C)c1Cl. The number of hydrogen-bond acceptors (Lipinski definition) is 3. The molecular formula is C19H19ClN2O2. The number of aryl methyl sites for hydroxylation is 2. The smallest absolute Gasteiger partial charge is 0.234 e. The van der Waals surface area contributed by atoms with E-state index in [0.29, 0.717) is 13.0 Å². The van der Waals surface area contributed by atoms with Gasteiger partial charge in [-0.2, -0.15) is 5.26 Å². The van der Waals surface area contributed by atoms with Gasteiger partial charge in [0, 0.05) is 11.6 Å². The zero-order valence-corrected chi connectivity index (χ0v) is 14.5. The molecule has 0 radical (unpaired) electrons. The van der Waals surface area contributed by atoms with Crippen LogP contribution in [0, 0.1) is 25.2 Å². The number of amides is 1. The van der Waals surface area contributed by atoms with Gasteiger partial charge in [0.05, 0.1) is 6.07 Å².